The predicted molar refractivity (Wildman–Crippen MR) is 91.1 cm³/mol. The topological polar surface area (TPSA) is 82.1 Å². The zero-order chi connectivity index (χ0) is 19.9. The van der Waals surface area contributed by atoms with Crippen molar-refractivity contribution >= 4 is 11.8 Å². The lowest BCUT2D eigenvalue weighted by Gasteiger charge is -2.17. The molecule has 0 aliphatic rings. The van der Waals surface area contributed by atoms with E-state index in [1.807, 2.05) is 0 Å². The summed E-state index contributed by atoms with van der Waals surface area (Å²) >= 11 is 0. The molecule has 2 rings (SSSR count). The summed E-state index contributed by atoms with van der Waals surface area (Å²) in [5, 5.41) is 8.52. The van der Waals surface area contributed by atoms with Crippen molar-refractivity contribution in [3.63, 3.8) is 0 Å². The maximum atomic E-state index is 13.6. The van der Waals surface area contributed by atoms with Crippen LogP contribution in [-0.4, -0.2) is 49.9 Å². The van der Waals surface area contributed by atoms with Gasteiger partial charge in [-0.05, 0) is 36.4 Å². The molecule has 0 bridgehead atoms. The van der Waals surface area contributed by atoms with Gasteiger partial charge in [-0.1, -0.05) is 12.1 Å². The molecule has 1 N–H and O–H groups in total. The lowest BCUT2D eigenvalue weighted by Crippen LogP contribution is -2.31. The van der Waals surface area contributed by atoms with Crippen molar-refractivity contribution in [2.45, 2.75) is 6.11 Å². The van der Waals surface area contributed by atoms with Crippen LogP contribution in [0.2, 0.25) is 0 Å². The van der Waals surface area contributed by atoms with Crippen molar-refractivity contribution in [2.24, 2.45) is 0 Å². The van der Waals surface area contributed by atoms with Crippen molar-refractivity contribution in [1.29, 1.82) is 0 Å². The fraction of sp³-hybridized carbons (Fsp3) is 0.263. The van der Waals surface area contributed by atoms with Crippen LogP contribution in [-0.2, 0) is 9.47 Å². The monoisotopic (exact) mass is 380 g/mol. The third-order valence-electron chi connectivity index (χ3n) is 3.46. The van der Waals surface area contributed by atoms with Gasteiger partial charge in [-0.3, -0.25) is 4.79 Å². The van der Waals surface area contributed by atoms with Gasteiger partial charge < -0.3 is 19.3 Å². The van der Waals surface area contributed by atoms with Crippen LogP contribution < -0.4 is 4.74 Å². The molecule has 27 heavy (non-hydrogen) atoms. The van der Waals surface area contributed by atoms with E-state index < -0.39 is 18.7 Å². The number of methoxy groups -OCH3 is 1. The molecule has 0 amide bonds. The van der Waals surface area contributed by atoms with Crippen molar-refractivity contribution in [1.82, 2.24) is 0 Å². The van der Waals surface area contributed by atoms with E-state index in [9.17, 15) is 18.4 Å². The molecule has 0 unspecified atom stereocenters. The number of esters is 1. The molecular weight excluding hydrogens is 362 g/mol. The molecule has 0 atom stereocenters. The molecule has 8 heteroatoms. The van der Waals surface area contributed by atoms with Gasteiger partial charge in [0.1, 0.15) is 5.75 Å². The van der Waals surface area contributed by atoms with E-state index in [-0.39, 0.29) is 30.3 Å². The normalized spacial score (nSPS) is 11.1. The molecule has 0 fully saturated rings. The summed E-state index contributed by atoms with van der Waals surface area (Å²) in [5.74, 6) is -0.986. The quantitative estimate of drug-likeness (QED) is 0.409. The number of alkyl halides is 2. The van der Waals surface area contributed by atoms with Crippen molar-refractivity contribution in [2.75, 3.05) is 26.9 Å². The van der Waals surface area contributed by atoms with E-state index in [1.54, 1.807) is 0 Å². The Kier molecular flexibility index (Phi) is 6.98. The Morgan fingerprint density at radius 3 is 2.00 bits per heavy atom. The Labute approximate surface area is 154 Å². The number of benzene rings is 2. The first-order valence-electron chi connectivity index (χ1n) is 7.95. The summed E-state index contributed by atoms with van der Waals surface area (Å²) in [6, 6.07) is 11.1. The first-order chi connectivity index (χ1) is 12.9. The van der Waals surface area contributed by atoms with Crippen LogP contribution in [0.4, 0.5) is 8.78 Å². The Hall–Kier alpha value is -2.84. The van der Waals surface area contributed by atoms with Gasteiger partial charge in [0.05, 0.1) is 25.9 Å². The summed E-state index contributed by atoms with van der Waals surface area (Å²) in [5.41, 5.74) is 0.913. The van der Waals surface area contributed by atoms with Gasteiger partial charge in [-0.25, -0.2) is 4.79 Å². The molecule has 6 nitrogen and oxygen atoms in total. The zero-order valence-electron chi connectivity index (χ0n) is 14.5. The van der Waals surface area contributed by atoms with E-state index >= 15 is 0 Å². The first kappa shape index (κ1) is 20.5. The summed E-state index contributed by atoms with van der Waals surface area (Å²) in [6.07, 6.45) is -3.57. The largest absolute Gasteiger partial charge is 0.465 e. The fourth-order valence-corrected chi connectivity index (χ4v) is 2.17. The lowest BCUT2D eigenvalue weighted by atomic mass is 10.0. The average molecular weight is 380 g/mol. The second-order valence-corrected chi connectivity index (χ2v) is 5.44. The maximum absolute atomic E-state index is 13.6. The molecule has 2 aromatic carbocycles. The number of hydrogen-bond donors (Lipinski definition) is 1. The number of halogens is 2. The Morgan fingerprint density at radius 1 is 0.963 bits per heavy atom. The maximum Gasteiger partial charge on any atom is 0.421 e. The summed E-state index contributed by atoms with van der Waals surface area (Å²) in [4.78, 5) is 23.8. The van der Waals surface area contributed by atoms with Crippen LogP contribution >= 0.6 is 0 Å². The Morgan fingerprint density at radius 2 is 1.48 bits per heavy atom. The number of aliphatic hydroxyl groups is 1. The van der Waals surface area contributed by atoms with Crippen molar-refractivity contribution in [3.05, 3.63) is 65.2 Å². The minimum atomic E-state index is -3.57. The molecule has 144 valence electrons. The van der Waals surface area contributed by atoms with Gasteiger partial charge >= 0.3 is 12.1 Å². The minimum Gasteiger partial charge on any atom is -0.465 e. The van der Waals surface area contributed by atoms with E-state index in [4.69, 9.17) is 5.11 Å². The second kappa shape index (κ2) is 9.20. The molecule has 0 saturated heterocycles. The highest BCUT2D eigenvalue weighted by Crippen LogP contribution is 2.23. The van der Waals surface area contributed by atoms with E-state index in [0.29, 0.717) is 11.1 Å². The van der Waals surface area contributed by atoms with E-state index in [1.165, 1.54) is 55.6 Å². The molecule has 0 heterocycles. The van der Waals surface area contributed by atoms with Crippen LogP contribution in [0.1, 0.15) is 26.3 Å². The standard InChI is InChI=1S/C19H18F2O6/c1-25-18(24)15-4-2-13(3-5-15)17(23)14-6-8-16(9-7-14)27-19(20,21)12-26-11-10-22/h2-9,22H,10-12H2,1H3. The zero-order valence-corrected chi connectivity index (χ0v) is 14.5. The molecular formula is C19H18F2O6. The summed E-state index contributed by atoms with van der Waals surface area (Å²) in [7, 11) is 1.26. The van der Waals surface area contributed by atoms with Crippen LogP contribution in [0, 0.1) is 0 Å². The fourth-order valence-electron chi connectivity index (χ4n) is 2.17. The van der Waals surface area contributed by atoms with Crippen LogP contribution in [0.5, 0.6) is 5.75 Å². The third kappa shape index (κ3) is 5.83. The number of rotatable bonds is 9. The summed E-state index contributed by atoms with van der Waals surface area (Å²) < 4.78 is 40.8. The van der Waals surface area contributed by atoms with Crippen LogP contribution in [0.25, 0.3) is 0 Å². The predicted octanol–water partition coefficient (Wildman–Crippen LogP) is 2.68. The molecule has 0 spiro atoms. The third-order valence-corrected chi connectivity index (χ3v) is 3.46. The minimum absolute atomic E-state index is 0.134. The Balaban J connectivity index is 2.03. The highest BCUT2D eigenvalue weighted by atomic mass is 19.3. The van der Waals surface area contributed by atoms with Gasteiger partial charge in [0.25, 0.3) is 0 Å². The van der Waals surface area contributed by atoms with Crippen LogP contribution in [0.3, 0.4) is 0 Å². The number of carbonyl (C=O) groups is 2. The van der Waals surface area contributed by atoms with Crippen molar-refractivity contribution in [3.8, 4) is 5.75 Å². The molecule has 0 aromatic heterocycles. The van der Waals surface area contributed by atoms with Gasteiger partial charge in [0.2, 0.25) is 0 Å². The molecule has 0 saturated carbocycles. The molecule has 0 aliphatic carbocycles. The van der Waals surface area contributed by atoms with E-state index in [2.05, 4.69) is 14.2 Å². The lowest BCUT2D eigenvalue weighted by molar-refractivity contribution is -0.212. The van der Waals surface area contributed by atoms with Crippen LogP contribution in [0.15, 0.2) is 48.5 Å². The smallest absolute Gasteiger partial charge is 0.421 e. The average Bonchev–Trinajstić information content (AvgIpc) is 2.67. The molecule has 2 aromatic rings. The number of hydrogen-bond acceptors (Lipinski definition) is 6. The molecule has 0 aliphatic heterocycles. The first-order valence-corrected chi connectivity index (χ1v) is 7.95. The van der Waals surface area contributed by atoms with Gasteiger partial charge in [-0.2, -0.15) is 8.78 Å². The van der Waals surface area contributed by atoms with Gasteiger partial charge in [-0.15, -0.1) is 0 Å². The number of carbonyl (C=O) groups excluding carboxylic acids is 2. The Bertz CT molecular complexity index is 772. The highest BCUT2D eigenvalue weighted by molar-refractivity contribution is 6.09. The highest BCUT2D eigenvalue weighted by Gasteiger charge is 2.32. The number of ether oxygens (including phenoxy) is 3. The second-order valence-electron chi connectivity index (χ2n) is 5.44. The SMILES string of the molecule is COC(=O)c1ccc(C(=O)c2ccc(OC(F)(F)COCCO)cc2)cc1. The summed E-state index contributed by atoms with van der Waals surface area (Å²) in [6.45, 7) is -1.59. The van der Waals surface area contributed by atoms with Gasteiger partial charge in [0.15, 0.2) is 12.4 Å². The number of ketones is 1. The van der Waals surface area contributed by atoms with E-state index in [0.717, 1.165) is 0 Å². The van der Waals surface area contributed by atoms with Crippen molar-refractivity contribution < 1.29 is 37.7 Å². The van der Waals surface area contributed by atoms with Gasteiger partial charge in [0, 0.05) is 11.1 Å². The molecule has 0 radical (unpaired) electrons. The number of aliphatic hydroxyl groups excluding tert-OH is 1.